The number of rotatable bonds is 3. The first kappa shape index (κ1) is 13.1. The molecule has 5 nitrogen and oxygen atoms in total. The molecule has 0 saturated carbocycles. The molecule has 0 atom stereocenters. The first-order chi connectivity index (χ1) is 9.10. The van der Waals surface area contributed by atoms with Crippen LogP contribution in [-0.2, 0) is 6.54 Å². The highest BCUT2D eigenvalue weighted by molar-refractivity contribution is 5.76. The molecule has 0 spiro atoms. The second kappa shape index (κ2) is 5.56. The summed E-state index contributed by atoms with van der Waals surface area (Å²) in [6, 6.07) is 9.21. The molecule has 19 heavy (non-hydrogen) atoms. The number of nitrogens with zero attached hydrogens (tertiary/aromatic N) is 2. The standard InChI is InChI=1S/C14H17N3O2/c1-10-8-11(2)17(16-10)14(18)15-9-12-4-6-13(19-3)7-5-12/h4-8H,9H2,1-3H3,(H,15,18). The fourth-order valence-corrected chi connectivity index (χ4v) is 1.83. The van der Waals surface area contributed by atoms with Crippen LogP contribution >= 0.6 is 0 Å². The van der Waals surface area contributed by atoms with Crippen molar-refractivity contribution in [1.82, 2.24) is 15.1 Å². The normalized spacial score (nSPS) is 10.3. The van der Waals surface area contributed by atoms with Crippen LogP contribution in [0.5, 0.6) is 5.75 Å². The van der Waals surface area contributed by atoms with Gasteiger partial charge >= 0.3 is 6.03 Å². The highest BCUT2D eigenvalue weighted by Crippen LogP contribution is 2.11. The van der Waals surface area contributed by atoms with Gasteiger partial charge in [-0.2, -0.15) is 9.78 Å². The maximum Gasteiger partial charge on any atom is 0.342 e. The van der Waals surface area contributed by atoms with Gasteiger partial charge in [0.2, 0.25) is 0 Å². The number of aromatic nitrogens is 2. The minimum atomic E-state index is -0.221. The molecule has 0 aliphatic rings. The molecule has 5 heteroatoms. The van der Waals surface area contributed by atoms with Crippen molar-refractivity contribution in [3.05, 3.63) is 47.3 Å². The van der Waals surface area contributed by atoms with Crippen LogP contribution in [-0.4, -0.2) is 22.9 Å². The summed E-state index contributed by atoms with van der Waals surface area (Å²) < 4.78 is 6.45. The van der Waals surface area contributed by atoms with Gasteiger partial charge in [-0.3, -0.25) is 0 Å². The van der Waals surface area contributed by atoms with Crippen LogP contribution in [0.1, 0.15) is 17.0 Å². The lowest BCUT2D eigenvalue weighted by molar-refractivity contribution is 0.238. The van der Waals surface area contributed by atoms with E-state index in [0.29, 0.717) is 6.54 Å². The molecular formula is C14H17N3O2. The molecule has 1 N–H and O–H groups in total. The van der Waals surface area contributed by atoms with Crippen molar-refractivity contribution in [2.45, 2.75) is 20.4 Å². The second-order valence-corrected chi connectivity index (χ2v) is 4.35. The van der Waals surface area contributed by atoms with Gasteiger partial charge in [0.15, 0.2) is 0 Å². The van der Waals surface area contributed by atoms with Gasteiger partial charge in [0.05, 0.1) is 12.8 Å². The number of ether oxygens (including phenoxy) is 1. The predicted molar refractivity (Wildman–Crippen MR) is 72.3 cm³/mol. The summed E-state index contributed by atoms with van der Waals surface area (Å²) in [6.07, 6.45) is 0. The SMILES string of the molecule is COc1ccc(CNC(=O)n2nc(C)cc2C)cc1. The average Bonchev–Trinajstić information content (AvgIpc) is 2.75. The Bertz CT molecular complexity index is 573. The Balaban J connectivity index is 1.98. The summed E-state index contributed by atoms with van der Waals surface area (Å²) in [6.45, 7) is 4.17. The lowest BCUT2D eigenvalue weighted by Gasteiger charge is -2.07. The van der Waals surface area contributed by atoms with Crippen LogP contribution in [0.2, 0.25) is 0 Å². The zero-order valence-electron chi connectivity index (χ0n) is 11.3. The fourth-order valence-electron chi connectivity index (χ4n) is 1.83. The number of nitrogens with one attached hydrogen (secondary N) is 1. The van der Waals surface area contributed by atoms with E-state index in [4.69, 9.17) is 4.74 Å². The molecule has 2 rings (SSSR count). The molecular weight excluding hydrogens is 242 g/mol. The molecule has 1 amide bonds. The molecule has 0 saturated heterocycles. The Morgan fingerprint density at radius 3 is 2.53 bits per heavy atom. The van der Waals surface area contributed by atoms with Crippen molar-refractivity contribution >= 4 is 6.03 Å². The summed E-state index contributed by atoms with van der Waals surface area (Å²) in [5.74, 6) is 0.800. The number of hydrogen-bond acceptors (Lipinski definition) is 3. The Morgan fingerprint density at radius 1 is 1.32 bits per heavy atom. The topological polar surface area (TPSA) is 56.1 Å². The monoisotopic (exact) mass is 259 g/mol. The van der Waals surface area contributed by atoms with Crippen molar-refractivity contribution in [2.24, 2.45) is 0 Å². The van der Waals surface area contributed by atoms with Crippen molar-refractivity contribution in [3.8, 4) is 5.75 Å². The summed E-state index contributed by atoms with van der Waals surface area (Å²) >= 11 is 0. The van der Waals surface area contributed by atoms with E-state index in [9.17, 15) is 4.79 Å². The highest BCUT2D eigenvalue weighted by atomic mass is 16.5. The van der Waals surface area contributed by atoms with Crippen molar-refractivity contribution in [3.63, 3.8) is 0 Å². The lowest BCUT2D eigenvalue weighted by atomic mass is 10.2. The summed E-state index contributed by atoms with van der Waals surface area (Å²) in [5, 5.41) is 6.96. The molecule has 0 bridgehead atoms. The van der Waals surface area contributed by atoms with E-state index in [2.05, 4.69) is 10.4 Å². The minimum absolute atomic E-state index is 0.221. The van der Waals surface area contributed by atoms with Crippen LogP contribution < -0.4 is 10.1 Å². The smallest absolute Gasteiger partial charge is 0.342 e. The molecule has 1 heterocycles. The maximum atomic E-state index is 11.9. The number of aryl methyl sites for hydroxylation is 2. The molecule has 0 aliphatic heterocycles. The van der Waals surface area contributed by atoms with E-state index in [1.54, 1.807) is 7.11 Å². The molecule has 1 aromatic carbocycles. The van der Waals surface area contributed by atoms with Crippen LogP contribution in [0.3, 0.4) is 0 Å². The molecule has 0 aliphatic carbocycles. The first-order valence-corrected chi connectivity index (χ1v) is 6.04. The van der Waals surface area contributed by atoms with E-state index >= 15 is 0 Å². The summed E-state index contributed by atoms with van der Waals surface area (Å²) in [7, 11) is 1.62. The second-order valence-electron chi connectivity index (χ2n) is 4.35. The first-order valence-electron chi connectivity index (χ1n) is 6.04. The van der Waals surface area contributed by atoms with Gasteiger partial charge in [-0.05, 0) is 37.6 Å². The van der Waals surface area contributed by atoms with Crippen molar-refractivity contribution in [2.75, 3.05) is 7.11 Å². The number of carbonyl (C=O) groups is 1. The Kier molecular flexibility index (Phi) is 3.85. The van der Waals surface area contributed by atoms with Crippen LogP contribution in [0.15, 0.2) is 30.3 Å². The van der Waals surface area contributed by atoms with Crippen LogP contribution in [0.4, 0.5) is 4.79 Å². The summed E-state index contributed by atoms with van der Waals surface area (Å²) in [5.41, 5.74) is 2.66. The van der Waals surface area contributed by atoms with E-state index in [-0.39, 0.29) is 6.03 Å². The van der Waals surface area contributed by atoms with Gasteiger partial charge in [-0.15, -0.1) is 0 Å². The van der Waals surface area contributed by atoms with Gasteiger partial charge in [0, 0.05) is 12.2 Å². The minimum Gasteiger partial charge on any atom is -0.497 e. The summed E-state index contributed by atoms with van der Waals surface area (Å²) in [4.78, 5) is 11.9. The van der Waals surface area contributed by atoms with Gasteiger partial charge < -0.3 is 10.1 Å². The van der Waals surface area contributed by atoms with E-state index in [1.807, 2.05) is 44.2 Å². The fraction of sp³-hybridized carbons (Fsp3) is 0.286. The average molecular weight is 259 g/mol. The van der Waals surface area contributed by atoms with Gasteiger partial charge in [0.1, 0.15) is 5.75 Å². The molecule has 100 valence electrons. The zero-order chi connectivity index (χ0) is 13.8. The van der Waals surface area contributed by atoms with E-state index in [0.717, 1.165) is 22.7 Å². The zero-order valence-corrected chi connectivity index (χ0v) is 11.3. The van der Waals surface area contributed by atoms with E-state index in [1.165, 1.54) is 4.68 Å². The highest BCUT2D eigenvalue weighted by Gasteiger charge is 2.09. The Morgan fingerprint density at radius 2 is 2.00 bits per heavy atom. The van der Waals surface area contributed by atoms with Gasteiger partial charge in [-0.25, -0.2) is 4.79 Å². The van der Waals surface area contributed by atoms with Gasteiger partial charge in [-0.1, -0.05) is 12.1 Å². The number of methoxy groups -OCH3 is 1. The molecule has 0 radical (unpaired) electrons. The van der Waals surface area contributed by atoms with E-state index < -0.39 is 0 Å². The Labute approximate surface area is 112 Å². The van der Waals surface area contributed by atoms with Gasteiger partial charge in [0.25, 0.3) is 0 Å². The third kappa shape index (κ3) is 3.13. The predicted octanol–water partition coefficient (Wildman–Crippen LogP) is 2.27. The lowest BCUT2D eigenvalue weighted by Crippen LogP contribution is -2.29. The molecule has 2 aromatic rings. The van der Waals surface area contributed by atoms with Crippen LogP contribution in [0.25, 0.3) is 0 Å². The number of carbonyl (C=O) groups excluding carboxylic acids is 1. The quantitative estimate of drug-likeness (QED) is 0.920. The molecule has 0 fully saturated rings. The number of amides is 1. The van der Waals surface area contributed by atoms with Crippen molar-refractivity contribution < 1.29 is 9.53 Å². The molecule has 0 unspecified atom stereocenters. The number of hydrogen-bond donors (Lipinski definition) is 1. The van der Waals surface area contributed by atoms with Crippen molar-refractivity contribution in [1.29, 1.82) is 0 Å². The number of benzene rings is 1. The maximum absolute atomic E-state index is 11.9. The largest absolute Gasteiger partial charge is 0.497 e. The Hall–Kier alpha value is -2.30. The van der Waals surface area contributed by atoms with Crippen LogP contribution in [0, 0.1) is 13.8 Å². The third-order valence-electron chi connectivity index (χ3n) is 2.80. The molecule has 1 aromatic heterocycles. The third-order valence-corrected chi connectivity index (χ3v) is 2.80.